The molecular weight excluding hydrogens is 398 g/mol. The summed E-state index contributed by atoms with van der Waals surface area (Å²) in [6, 6.07) is 9.46. The van der Waals surface area contributed by atoms with Crippen LogP contribution in [-0.2, 0) is 4.79 Å². The molecule has 5 nitrogen and oxygen atoms in total. The lowest BCUT2D eigenvalue weighted by Crippen LogP contribution is -2.31. The number of amides is 1. The zero-order valence-electron chi connectivity index (χ0n) is 15.1. The van der Waals surface area contributed by atoms with Crippen molar-refractivity contribution in [2.45, 2.75) is 26.8 Å². The minimum atomic E-state index is -0.199. The lowest BCUT2D eigenvalue weighted by Gasteiger charge is -2.22. The molecule has 0 saturated carbocycles. The van der Waals surface area contributed by atoms with E-state index in [1.807, 2.05) is 51.1 Å². The zero-order valence-corrected chi connectivity index (χ0v) is 16.7. The SMILES string of the molecule is Cc1ccc(OCC(=O)NC(C)c2cc3c(cc2Br)OCCO3)c(C)c1. The average molecular weight is 420 g/mol. The molecular formula is C20H22BrNO4. The monoisotopic (exact) mass is 419 g/mol. The van der Waals surface area contributed by atoms with Crippen molar-refractivity contribution in [1.29, 1.82) is 0 Å². The number of fused-ring (bicyclic) bond motifs is 1. The molecule has 0 spiro atoms. The number of carbonyl (C=O) groups is 1. The van der Waals surface area contributed by atoms with Crippen LogP contribution in [0, 0.1) is 13.8 Å². The summed E-state index contributed by atoms with van der Waals surface area (Å²) in [6.07, 6.45) is 0. The molecule has 0 radical (unpaired) electrons. The number of nitrogens with one attached hydrogen (secondary N) is 1. The van der Waals surface area contributed by atoms with Gasteiger partial charge >= 0.3 is 0 Å². The quantitative estimate of drug-likeness (QED) is 0.792. The molecule has 138 valence electrons. The number of hydrogen-bond donors (Lipinski definition) is 1. The van der Waals surface area contributed by atoms with Crippen molar-refractivity contribution in [3.05, 3.63) is 51.5 Å². The van der Waals surface area contributed by atoms with E-state index in [0.29, 0.717) is 24.7 Å². The molecule has 0 aliphatic carbocycles. The van der Waals surface area contributed by atoms with Crippen LogP contribution >= 0.6 is 15.9 Å². The summed E-state index contributed by atoms with van der Waals surface area (Å²) in [4.78, 5) is 12.3. The molecule has 0 aromatic heterocycles. The lowest BCUT2D eigenvalue weighted by molar-refractivity contribution is -0.123. The Morgan fingerprint density at radius 2 is 1.88 bits per heavy atom. The van der Waals surface area contributed by atoms with Crippen LogP contribution in [0.15, 0.2) is 34.8 Å². The molecule has 1 aliphatic rings. The minimum Gasteiger partial charge on any atom is -0.486 e. The van der Waals surface area contributed by atoms with Crippen molar-refractivity contribution < 1.29 is 19.0 Å². The molecule has 3 rings (SSSR count). The molecule has 1 amide bonds. The fourth-order valence-corrected chi connectivity index (χ4v) is 3.54. The van der Waals surface area contributed by atoms with Gasteiger partial charge in [0.05, 0.1) is 6.04 Å². The molecule has 2 aromatic rings. The largest absolute Gasteiger partial charge is 0.486 e. The number of ether oxygens (including phenoxy) is 3. The predicted molar refractivity (Wildman–Crippen MR) is 103 cm³/mol. The van der Waals surface area contributed by atoms with Gasteiger partial charge in [0.25, 0.3) is 5.91 Å². The van der Waals surface area contributed by atoms with Crippen molar-refractivity contribution in [2.24, 2.45) is 0 Å². The maximum absolute atomic E-state index is 12.3. The first-order valence-corrected chi connectivity index (χ1v) is 9.32. The molecule has 0 bridgehead atoms. The first-order chi connectivity index (χ1) is 12.4. The second kappa shape index (κ2) is 7.99. The number of hydrogen-bond acceptors (Lipinski definition) is 4. The Kier molecular flexibility index (Phi) is 5.71. The Bertz CT molecular complexity index is 822. The van der Waals surface area contributed by atoms with E-state index in [2.05, 4.69) is 21.2 Å². The Balaban J connectivity index is 1.62. The predicted octanol–water partition coefficient (Wildman–Crippen LogP) is 4.09. The van der Waals surface area contributed by atoms with Gasteiger partial charge in [-0.05, 0) is 50.1 Å². The van der Waals surface area contributed by atoms with Gasteiger partial charge in [0.2, 0.25) is 0 Å². The van der Waals surface area contributed by atoms with Gasteiger partial charge in [0.15, 0.2) is 18.1 Å². The second-order valence-electron chi connectivity index (χ2n) is 6.36. The van der Waals surface area contributed by atoms with Crippen LogP contribution in [0.25, 0.3) is 0 Å². The third-order valence-corrected chi connectivity index (χ3v) is 4.88. The second-order valence-corrected chi connectivity index (χ2v) is 7.22. The van der Waals surface area contributed by atoms with Crippen LogP contribution in [0.1, 0.15) is 29.7 Å². The van der Waals surface area contributed by atoms with Crippen molar-refractivity contribution in [3.63, 3.8) is 0 Å². The normalized spacial score (nSPS) is 13.8. The molecule has 1 heterocycles. The molecule has 6 heteroatoms. The summed E-state index contributed by atoms with van der Waals surface area (Å²) >= 11 is 3.54. The number of benzene rings is 2. The third-order valence-electron chi connectivity index (χ3n) is 4.19. The van der Waals surface area contributed by atoms with Gasteiger partial charge in [-0.2, -0.15) is 0 Å². The van der Waals surface area contributed by atoms with Crippen LogP contribution in [0.3, 0.4) is 0 Å². The van der Waals surface area contributed by atoms with Crippen LogP contribution in [0.5, 0.6) is 17.2 Å². The number of halogens is 1. The maximum atomic E-state index is 12.3. The number of rotatable bonds is 5. The van der Waals surface area contributed by atoms with Gasteiger partial charge in [0, 0.05) is 4.47 Å². The third kappa shape index (κ3) is 4.30. The van der Waals surface area contributed by atoms with Gasteiger partial charge in [-0.15, -0.1) is 0 Å². The summed E-state index contributed by atoms with van der Waals surface area (Å²) < 4.78 is 17.7. The highest BCUT2D eigenvalue weighted by atomic mass is 79.9. The standard InChI is InChI=1S/C20H22BrNO4/c1-12-4-5-17(13(2)8-12)26-11-20(23)22-14(3)15-9-18-19(10-16(15)21)25-7-6-24-18/h4-5,8-10,14H,6-7,11H2,1-3H3,(H,22,23). The van der Waals surface area contributed by atoms with E-state index in [1.54, 1.807) is 0 Å². The van der Waals surface area contributed by atoms with Gasteiger partial charge < -0.3 is 19.5 Å². The fraction of sp³-hybridized carbons (Fsp3) is 0.350. The highest BCUT2D eigenvalue weighted by Crippen LogP contribution is 2.37. The van der Waals surface area contributed by atoms with E-state index < -0.39 is 0 Å². The Morgan fingerprint density at radius 1 is 1.19 bits per heavy atom. The molecule has 0 saturated heterocycles. The van der Waals surface area contributed by atoms with Crippen molar-refractivity contribution in [2.75, 3.05) is 19.8 Å². The lowest BCUT2D eigenvalue weighted by atomic mass is 10.1. The van der Waals surface area contributed by atoms with Crippen LogP contribution in [0.4, 0.5) is 0 Å². The van der Waals surface area contributed by atoms with Crippen molar-refractivity contribution >= 4 is 21.8 Å². The summed E-state index contributed by atoms with van der Waals surface area (Å²) in [6.45, 7) is 6.95. The highest BCUT2D eigenvalue weighted by Gasteiger charge is 2.19. The molecule has 0 fully saturated rings. The molecule has 1 N–H and O–H groups in total. The van der Waals surface area contributed by atoms with E-state index in [-0.39, 0.29) is 18.6 Å². The Hall–Kier alpha value is -2.21. The summed E-state index contributed by atoms with van der Waals surface area (Å²) in [7, 11) is 0. The first-order valence-electron chi connectivity index (χ1n) is 8.52. The summed E-state index contributed by atoms with van der Waals surface area (Å²) in [5.74, 6) is 1.95. The van der Waals surface area contributed by atoms with E-state index in [4.69, 9.17) is 14.2 Å². The molecule has 1 atom stereocenters. The topological polar surface area (TPSA) is 56.8 Å². The molecule has 2 aromatic carbocycles. The van der Waals surface area contributed by atoms with E-state index in [9.17, 15) is 4.79 Å². The highest BCUT2D eigenvalue weighted by molar-refractivity contribution is 9.10. The van der Waals surface area contributed by atoms with Gasteiger partial charge in [-0.25, -0.2) is 0 Å². The number of aryl methyl sites for hydroxylation is 2. The first kappa shape index (κ1) is 18.6. The van der Waals surface area contributed by atoms with E-state index in [0.717, 1.165) is 26.9 Å². The average Bonchev–Trinajstić information content (AvgIpc) is 2.60. The smallest absolute Gasteiger partial charge is 0.258 e. The van der Waals surface area contributed by atoms with Crippen LogP contribution < -0.4 is 19.5 Å². The molecule has 26 heavy (non-hydrogen) atoms. The van der Waals surface area contributed by atoms with Gasteiger partial charge in [0.1, 0.15) is 19.0 Å². The summed E-state index contributed by atoms with van der Waals surface area (Å²) in [5.41, 5.74) is 3.10. The maximum Gasteiger partial charge on any atom is 0.258 e. The summed E-state index contributed by atoms with van der Waals surface area (Å²) in [5, 5.41) is 2.95. The van der Waals surface area contributed by atoms with E-state index in [1.165, 1.54) is 0 Å². The zero-order chi connectivity index (χ0) is 18.7. The number of carbonyl (C=O) groups excluding carboxylic acids is 1. The minimum absolute atomic E-state index is 0.0313. The fourth-order valence-electron chi connectivity index (χ4n) is 2.88. The van der Waals surface area contributed by atoms with Crippen molar-refractivity contribution in [1.82, 2.24) is 5.32 Å². The Labute approximate surface area is 161 Å². The van der Waals surface area contributed by atoms with Crippen LogP contribution in [0.2, 0.25) is 0 Å². The molecule has 1 unspecified atom stereocenters. The van der Waals surface area contributed by atoms with Gasteiger partial charge in [-0.1, -0.05) is 33.6 Å². The Morgan fingerprint density at radius 3 is 2.58 bits per heavy atom. The van der Waals surface area contributed by atoms with Gasteiger partial charge in [-0.3, -0.25) is 4.79 Å². The van der Waals surface area contributed by atoms with Crippen molar-refractivity contribution in [3.8, 4) is 17.2 Å². The molecule has 1 aliphatic heterocycles. The van der Waals surface area contributed by atoms with Crippen LogP contribution in [-0.4, -0.2) is 25.7 Å². The van der Waals surface area contributed by atoms with E-state index >= 15 is 0 Å².